The molecule has 1 atom stereocenters. The second-order valence-electron chi connectivity index (χ2n) is 9.06. The van der Waals surface area contributed by atoms with Gasteiger partial charge in [0.05, 0.1) is 7.11 Å². The van der Waals surface area contributed by atoms with Crippen LogP contribution in [0.25, 0.3) is 0 Å². The largest absolute Gasteiger partial charge is 0.495 e. The molecular formula is C22H37N3O4S. The number of sulfonamides is 1. The summed E-state index contributed by atoms with van der Waals surface area (Å²) in [7, 11) is -2.41. The lowest BCUT2D eigenvalue weighted by molar-refractivity contribution is 0.0951. The molecule has 1 aromatic carbocycles. The number of carbonyl (C=O) groups is 1. The number of benzene rings is 1. The van der Waals surface area contributed by atoms with Crippen molar-refractivity contribution in [2.45, 2.75) is 76.3 Å². The van der Waals surface area contributed by atoms with Crippen molar-refractivity contribution in [3.63, 3.8) is 0 Å². The number of methoxy groups -OCH3 is 1. The second-order valence-corrected chi connectivity index (χ2v) is 10.7. The summed E-state index contributed by atoms with van der Waals surface area (Å²) >= 11 is 0. The van der Waals surface area contributed by atoms with Crippen LogP contribution in [0.5, 0.6) is 5.75 Å². The van der Waals surface area contributed by atoms with Crippen molar-refractivity contribution < 1.29 is 17.9 Å². The molecule has 0 aliphatic carbocycles. The van der Waals surface area contributed by atoms with Gasteiger partial charge < -0.3 is 15.0 Å². The minimum absolute atomic E-state index is 0.0355. The smallest absolute Gasteiger partial charge is 0.251 e. The Morgan fingerprint density at radius 3 is 2.60 bits per heavy atom. The molecular weight excluding hydrogens is 402 g/mol. The number of likely N-dealkylation sites (tertiary alicyclic amines) is 1. The summed E-state index contributed by atoms with van der Waals surface area (Å²) < 4.78 is 33.3. The van der Waals surface area contributed by atoms with Crippen LogP contribution >= 0.6 is 0 Å². The Morgan fingerprint density at radius 2 is 1.97 bits per heavy atom. The highest BCUT2D eigenvalue weighted by molar-refractivity contribution is 7.89. The normalized spacial score (nSPS) is 18.2. The summed E-state index contributed by atoms with van der Waals surface area (Å²) in [5.41, 5.74) is -0.344. The maximum atomic E-state index is 12.8. The number of carbonyl (C=O) groups excluding carboxylic acids is 1. The molecule has 170 valence electrons. The van der Waals surface area contributed by atoms with E-state index in [1.165, 1.54) is 45.0 Å². The zero-order chi connectivity index (χ0) is 22.4. The fraction of sp³-hybridized carbons (Fsp3) is 0.682. The summed E-state index contributed by atoms with van der Waals surface area (Å²) in [5.74, 6) is -0.0739. The molecule has 7 nitrogen and oxygen atoms in total. The first-order valence-corrected chi connectivity index (χ1v) is 12.3. The van der Waals surface area contributed by atoms with Crippen LogP contribution in [0.3, 0.4) is 0 Å². The van der Waals surface area contributed by atoms with E-state index in [1.54, 1.807) is 26.8 Å². The van der Waals surface area contributed by atoms with E-state index >= 15 is 0 Å². The van der Waals surface area contributed by atoms with Gasteiger partial charge >= 0.3 is 0 Å². The van der Waals surface area contributed by atoms with Gasteiger partial charge in [0.15, 0.2) is 0 Å². The Hall–Kier alpha value is -1.64. The van der Waals surface area contributed by atoms with E-state index in [0.717, 1.165) is 19.4 Å². The van der Waals surface area contributed by atoms with Crippen molar-refractivity contribution in [3.8, 4) is 5.75 Å². The van der Waals surface area contributed by atoms with Gasteiger partial charge in [-0.25, -0.2) is 13.1 Å². The van der Waals surface area contributed by atoms with Gasteiger partial charge in [0.1, 0.15) is 10.6 Å². The van der Waals surface area contributed by atoms with Crippen molar-refractivity contribution >= 4 is 15.9 Å². The predicted octanol–water partition coefficient (Wildman–Crippen LogP) is 3.16. The fourth-order valence-electron chi connectivity index (χ4n) is 3.72. The number of hydrogen-bond acceptors (Lipinski definition) is 5. The van der Waals surface area contributed by atoms with Crippen LogP contribution in [0.15, 0.2) is 23.1 Å². The lowest BCUT2D eigenvalue weighted by atomic mass is 10.0. The van der Waals surface area contributed by atoms with Crippen LogP contribution in [-0.4, -0.2) is 57.5 Å². The van der Waals surface area contributed by atoms with Crippen LogP contribution in [0, 0.1) is 0 Å². The molecule has 0 bridgehead atoms. The minimum Gasteiger partial charge on any atom is -0.495 e. The van der Waals surface area contributed by atoms with E-state index in [4.69, 9.17) is 4.74 Å². The lowest BCUT2D eigenvalue weighted by Gasteiger charge is -2.33. The van der Waals surface area contributed by atoms with Crippen LogP contribution in [0.4, 0.5) is 0 Å². The average Bonchev–Trinajstić information content (AvgIpc) is 2.66. The summed E-state index contributed by atoms with van der Waals surface area (Å²) in [6.45, 7) is 10.4. The summed E-state index contributed by atoms with van der Waals surface area (Å²) in [6.07, 6.45) is 5.78. The number of nitrogens with one attached hydrogen (secondary N) is 2. The molecule has 2 rings (SSSR count). The van der Waals surface area contributed by atoms with Gasteiger partial charge in [-0.3, -0.25) is 4.79 Å². The van der Waals surface area contributed by atoms with Crippen LogP contribution in [-0.2, 0) is 10.0 Å². The summed E-state index contributed by atoms with van der Waals surface area (Å²) in [5, 5.41) is 2.90. The first-order chi connectivity index (χ1) is 14.0. The minimum atomic E-state index is -3.82. The van der Waals surface area contributed by atoms with Gasteiger partial charge in [-0.05, 0) is 84.7 Å². The maximum absolute atomic E-state index is 12.8. The van der Waals surface area contributed by atoms with Crippen molar-refractivity contribution in [2.75, 3.05) is 26.7 Å². The second kappa shape index (κ2) is 10.6. The molecule has 1 heterocycles. The fourth-order valence-corrected chi connectivity index (χ4v) is 5.33. The van der Waals surface area contributed by atoms with Gasteiger partial charge in [0.2, 0.25) is 10.0 Å². The number of rotatable bonds is 9. The van der Waals surface area contributed by atoms with E-state index < -0.39 is 15.6 Å². The van der Waals surface area contributed by atoms with Crippen LogP contribution in [0.2, 0.25) is 0 Å². The molecule has 1 saturated heterocycles. The van der Waals surface area contributed by atoms with Crippen molar-refractivity contribution in [2.24, 2.45) is 0 Å². The highest BCUT2D eigenvalue weighted by atomic mass is 32.2. The molecule has 1 fully saturated rings. The predicted molar refractivity (Wildman–Crippen MR) is 120 cm³/mol. The first kappa shape index (κ1) is 24.6. The van der Waals surface area contributed by atoms with Gasteiger partial charge in [-0.1, -0.05) is 6.42 Å². The van der Waals surface area contributed by atoms with E-state index in [1.807, 2.05) is 0 Å². The molecule has 0 spiro atoms. The lowest BCUT2D eigenvalue weighted by Crippen LogP contribution is -2.40. The van der Waals surface area contributed by atoms with E-state index in [9.17, 15) is 13.2 Å². The van der Waals surface area contributed by atoms with E-state index in [0.29, 0.717) is 18.2 Å². The maximum Gasteiger partial charge on any atom is 0.251 e. The molecule has 0 aromatic heterocycles. The molecule has 0 saturated carbocycles. The van der Waals surface area contributed by atoms with Crippen LogP contribution < -0.4 is 14.8 Å². The highest BCUT2D eigenvalue weighted by Gasteiger charge is 2.26. The Morgan fingerprint density at radius 1 is 1.23 bits per heavy atom. The molecule has 8 heteroatoms. The monoisotopic (exact) mass is 439 g/mol. The number of piperidine rings is 1. The third-order valence-corrected chi connectivity index (χ3v) is 7.03. The molecule has 30 heavy (non-hydrogen) atoms. The van der Waals surface area contributed by atoms with Crippen LogP contribution in [0.1, 0.15) is 70.2 Å². The first-order valence-electron chi connectivity index (χ1n) is 10.8. The third-order valence-electron chi connectivity index (χ3n) is 5.25. The van der Waals surface area contributed by atoms with Crippen molar-refractivity contribution in [1.82, 2.24) is 14.9 Å². The summed E-state index contributed by atoms with van der Waals surface area (Å²) in [4.78, 5) is 15.0. The quantitative estimate of drug-likeness (QED) is 0.577. The number of ether oxygens (including phenoxy) is 1. The number of nitrogens with zero attached hydrogens (tertiary/aromatic N) is 1. The Balaban J connectivity index is 1.94. The number of unbranched alkanes of at least 4 members (excludes halogenated alkanes) is 1. The molecule has 1 aromatic rings. The van der Waals surface area contributed by atoms with E-state index in [-0.39, 0.29) is 16.6 Å². The molecule has 0 radical (unpaired) electrons. The summed E-state index contributed by atoms with van der Waals surface area (Å²) in [6, 6.07) is 5.12. The standard InChI is InChI=1S/C22H37N3O4S/c1-17-10-6-8-14-25(17)15-9-7-13-23-21(26)18-11-12-19(29-5)20(16-18)30(27,28)24-22(2,3)4/h11-12,16-17,24H,6-10,13-15H2,1-5H3,(H,23,26). The SMILES string of the molecule is COc1ccc(C(=O)NCCCCN2CCCCC2C)cc1S(=O)(=O)NC(C)(C)C. The highest BCUT2D eigenvalue weighted by Crippen LogP contribution is 2.26. The zero-order valence-electron chi connectivity index (χ0n) is 19.0. The molecule has 1 aliphatic rings. The van der Waals surface area contributed by atoms with Gasteiger partial charge in [-0.2, -0.15) is 0 Å². The number of hydrogen-bond donors (Lipinski definition) is 2. The third kappa shape index (κ3) is 7.25. The molecule has 1 amide bonds. The molecule has 1 aliphatic heterocycles. The molecule has 2 N–H and O–H groups in total. The van der Waals surface area contributed by atoms with Gasteiger partial charge in [0.25, 0.3) is 5.91 Å². The Bertz CT molecular complexity index is 818. The van der Waals surface area contributed by atoms with Gasteiger partial charge in [-0.15, -0.1) is 0 Å². The van der Waals surface area contributed by atoms with Gasteiger partial charge in [0, 0.05) is 23.7 Å². The number of amides is 1. The zero-order valence-corrected chi connectivity index (χ0v) is 19.8. The van der Waals surface area contributed by atoms with E-state index in [2.05, 4.69) is 21.9 Å². The Labute approximate surface area is 181 Å². The topological polar surface area (TPSA) is 87.7 Å². The average molecular weight is 440 g/mol. The Kier molecular flexibility index (Phi) is 8.70. The molecule has 1 unspecified atom stereocenters. The van der Waals surface area contributed by atoms with Crippen molar-refractivity contribution in [3.05, 3.63) is 23.8 Å². The van der Waals surface area contributed by atoms with Crippen molar-refractivity contribution in [1.29, 1.82) is 0 Å².